The van der Waals surface area contributed by atoms with Crippen LogP contribution in [0.1, 0.15) is 22.3 Å². The molecule has 0 N–H and O–H groups in total. The van der Waals surface area contributed by atoms with Gasteiger partial charge in [0.2, 0.25) is 16.7 Å². The summed E-state index contributed by atoms with van der Waals surface area (Å²) in [5.74, 6) is -0.461. The van der Waals surface area contributed by atoms with Gasteiger partial charge in [-0.1, -0.05) is 66.2 Å². The molecule has 0 aliphatic rings. The van der Waals surface area contributed by atoms with E-state index in [1.54, 1.807) is 12.1 Å². The van der Waals surface area contributed by atoms with E-state index in [2.05, 4.69) is 49.6 Å². The van der Waals surface area contributed by atoms with Gasteiger partial charge in [0.05, 0.1) is 21.9 Å². The Labute approximate surface area is 230 Å². The number of pyridine rings is 1. The highest BCUT2D eigenvalue weighted by Crippen LogP contribution is 2.41. The first-order chi connectivity index (χ1) is 19.1. The minimum Gasteiger partial charge on any atom is -0.872 e. The molecule has 0 unspecified atom stereocenters. The number of aryl methyl sites for hydroxylation is 3. The van der Waals surface area contributed by atoms with Crippen LogP contribution >= 0.6 is 0 Å². The Kier molecular flexibility index (Phi) is 6.10. The zero-order valence-electron chi connectivity index (χ0n) is 22.3. The molecule has 0 spiro atoms. The van der Waals surface area contributed by atoms with E-state index in [9.17, 15) is 18.3 Å². The number of rotatable bonds is 3. The standard InChI is InChI=1S/C35H26F3NO/c1-21-18-22(2)33(23(3)19-21)34-26-11-5-8-14-30(26)39(31-15-9-6-12-27(31)34)29-13-7-4-10-25(29)28-20-24(35(36,37)38)16-17-32(28)40/h4-20H,1-3H3. The summed E-state index contributed by atoms with van der Waals surface area (Å²) >= 11 is 0. The number of fused-ring (bicyclic) bond motifs is 2. The second-order valence-corrected chi connectivity index (χ2v) is 10.2. The van der Waals surface area contributed by atoms with E-state index in [1.165, 1.54) is 16.7 Å². The van der Waals surface area contributed by atoms with Crippen molar-refractivity contribution in [2.75, 3.05) is 0 Å². The molecule has 0 aliphatic heterocycles. The van der Waals surface area contributed by atoms with E-state index in [0.29, 0.717) is 11.3 Å². The minimum atomic E-state index is -4.56. The van der Waals surface area contributed by atoms with Crippen molar-refractivity contribution >= 4 is 21.8 Å². The lowest BCUT2D eigenvalue weighted by atomic mass is 9.88. The molecule has 0 aliphatic carbocycles. The van der Waals surface area contributed by atoms with Crippen LogP contribution in [0.5, 0.6) is 5.75 Å². The molecular weight excluding hydrogens is 507 g/mol. The van der Waals surface area contributed by atoms with Crippen LogP contribution in [-0.2, 0) is 6.18 Å². The lowest BCUT2D eigenvalue weighted by molar-refractivity contribution is -0.537. The van der Waals surface area contributed by atoms with Crippen LogP contribution in [0.2, 0.25) is 0 Å². The van der Waals surface area contributed by atoms with Gasteiger partial charge in [0.1, 0.15) is 0 Å². The number of aromatic nitrogens is 1. The zero-order chi connectivity index (χ0) is 28.2. The number of nitrogens with zero attached hydrogens (tertiary/aromatic N) is 1. The van der Waals surface area contributed by atoms with Crippen molar-refractivity contribution < 1.29 is 22.8 Å². The van der Waals surface area contributed by atoms with E-state index in [0.717, 1.165) is 51.1 Å². The van der Waals surface area contributed by atoms with Gasteiger partial charge < -0.3 is 5.11 Å². The SMILES string of the molecule is Cc1cc(C)c(-c2c3ccccc3[n+](-c3ccccc3-c3cc(C(F)(F)F)ccc3[O-])c3ccccc23)c(C)c1. The Hall–Kier alpha value is -4.64. The van der Waals surface area contributed by atoms with Gasteiger partial charge in [0.25, 0.3) is 0 Å². The lowest BCUT2D eigenvalue weighted by Crippen LogP contribution is -2.34. The van der Waals surface area contributed by atoms with Gasteiger partial charge in [0, 0.05) is 23.8 Å². The van der Waals surface area contributed by atoms with Gasteiger partial charge in [0.15, 0.2) is 0 Å². The molecule has 1 aromatic heterocycles. The van der Waals surface area contributed by atoms with E-state index < -0.39 is 17.5 Å². The molecule has 0 bridgehead atoms. The van der Waals surface area contributed by atoms with Crippen molar-refractivity contribution in [3.8, 4) is 33.7 Å². The van der Waals surface area contributed by atoms with Gasteiger partial charge in [-0.2, -0.15) is 17.7 Å². The van der Waals surface area contributed by atoms with Crippen LogP contribution in [-0.4, -0.2) is 0 Å². The monoisotopic (exact) mass is 533 g/mol. The maximum absolute atomic E-state index is 13.6. The summed E-state index contributed by atoms with van der Waals surface area (Å²) < 4.78 is 43.0. The van der Waals surface area contributed by atoms with Crippen molar-refractivity contribution in [2.45, 2.75) is 26.9 Å². The number of halogens is 3. The molecule has 0 amide bonds. The average Bonchev–Trinajstić information content (AvgIpc) is 2.92. The fourth-order valence-electron chi connectivity index (χ4n) is 5.95. The van der Waals surface area contributed by atoms with Gasteiger partial charge in [-0.3, -0.25) is 0 Å². The third kappa shape index (κ3) is 4.19. The van der Waals surface area contributed by atoms with Gasteiger partial charge >= 0.3 is 6.18 Å². The normalized spacial score (nSPS) is 11.8. The minimum absolute atomic E-state index is 0.0142. The van der Waals surface area contributed by atoms with Crippen molar-refractivity contribution in [1.82, 2.24) is 0 Å². The fourth-order valence-corrected chi connectivity index (χ4v) is 5.95. The Morgan fingerprint density at radius 3 is 1.75 bits per heavy atom. The van der Waals surface area contributed by atoms with Crippen molar-refractivity contribution in [1.29, 1.82) is 0 Å². The first kappa shape index (κ1) is 25.6. The largest absolute Gasteiger partial charge is 0.872 e. The molecule has 6 aromatic rings. The molecule has 0 saturated heterocycles. The first-order valence-corrected chi connectivity index (χ1v) is 13.1. The van der Waals surface area contributed by atoms with E-state index >= 15 is 0 Å². The van der Waals surface area contributed by atoms with Crippen LogP contribution in [0.4, 0.5) is 13.2 Å². The zero-order valence-corrected chi connectivity index (χ0v) is 22.3. The third-order valence-corrected chi connectivity index (χ3v) is 7.50. The van der Waals surface area contributed by atoms with Crippen LogP contribution < -0.4 is 9.67 Å². The van der Waals surface area contributed by atoms with Crippen LogP contribution in [0.25, 0.3) is 49.7 Å². The predicted octanol–water partition coefficient (Wildman–Crippen LogP) is 8.62. The van der Waals surface area contributed by atoms with Crippen molar-refractivity contribution in [3.63, 3.8) is 0 Å². The summed E-state index contributed by atoms with van der Waals surface area (Å²) in [6.07, 6.45) is -4.56. The van der Waals surface area contributed by atoms with E-state index in [4.69, 9.17) is 0 Å². The van der Waals surface area contributed by atoms with Crippen molar-refractivity contribution in [3.05, 3.63) is 125 Å². The number of alkyl halides is 3. The molecule has 198 valence electrons. The smallest absolute Gasteiger partial charge is 0.416 e. The molecule has 0 radical (unpaired) electrons. The topological polar surface area (TPSA) is 26.9 Å². The Morgan fingerprint density at radius 1 is 0.600 bits per heavy atom. The van der Waals surface area contributed by atoms with Crippen molar-refractivity contribution in [2.24, 2.45) is 0 Å². The molecule has 5 aromatic carbocycles. The highest BCUT2D eigenvalue weighted by atomic mass is 19.4. The Balaban J connectivity index is 1.75. The summed E-state index contributed by atoms with van der Waals surface area (Å²) in [6, 6.07) is 30.4. The Bertz CT molecular complexity index is 1860. The summed E-state index contributed by atoms with van der Waals surface area (Å²) in [4.78, 5) is 0. The molecule has 6 rings (SSSR count). The van der Waals surface area contributed by atoms with Crippen LogP contribution in [0, 0.1) is 20.8 Å². The first-order valence-electron chi connectivity index (χ1n) is 13.1. The van der Waals surface area contributed by atoms with Gasteiger partial charge in [-0.15, -0.1) is 5.75 Å². The highest BCUT2D eigenvalue weighted by molar-refractivity contribution is 6.08. The molecule has 5 heteroatoms. The third-order valence-electron chi connectivity index (χ3n) is 7.50. The molecule has 1 heterocycles. The second kappa shape index (κ2) is 9.53. The highest BCUT2D eigenvalue weighted by Gasteiger charge is 2.32. The number of para-hydroxylation sites is 3. The maximum Gasteiger partial charge on any atom is 0.416 e. The second-order valence-electron chi connectivity index (χ2n) is 10.2. The van der Waals surface area contributed by atoms with Crippen LogP contribution in [0.3, 0.4) is 0 Å². The Morgan fingerprint density at radius 2 is 1.15 bits per heavy atom. The fraction of sp³-hybridized carbons (Fsp3) is 0.114. The maximum atomic E-state index is 13.6. The molecule has 0 saturated carbocycles. The summed E-state index contributed by atoms with van der Waals surface area (Å²) in [7, 11) is 0. The van der Waals surface area contributed by atoms with Gasteiger partial charge in [-0.25, -0.2) is 0 Å². The predicted molar refractivity (Wildman–Crippen MR) is 153 cm³/mol. The number of benzene rings is 5. The van der Waals surface area contributed by atoms with Crippen LogP contribution in [0.15, 0.2) is 103 Å². The quantitative estimate of drug-likeness (QED) is 0.165. The van der Waals surface area contributed by atoms with E-state index in [-0.39, 0.29) is 5.56 Å². The molecule has 0 atom stereocenters. The summed E-state index contributed by atoms with van der Waals surface area (Å²) in [5.41, 5.74) is 7.84. The van der Waals surface area contributed by atoms with E-state index in [1.807, 2.05) is 48.5 Å². The molecule has 0 fully saturated rings. The molecule has 2 nitrogen and oxygen atoms in total. The summed E-state index contributed by atoms with van der Waals surface area (Å²) in [5, 5.41) is 15.0. The average molecular weight is 534 g/mol. The lowest BCUT2D eigenvalue weighted by Gasteiger charge is -2.19. The summed E-state index contributed by atoms with van der Waals surface area (Å²) in [6.45, 7) is 6.34. The van der Waals surface area contributed by atoms with Gasteiger partial charge in [-0.05, 0) is 67.3 Å². The number of hydrogen-bond acceptors (Lipinski definition) is 1. The molecule has 40 heavy (non-hydrogen) atoms. The number of hydrogen-bond donors (Lipinski definition) is 0. The molecular formula is C35H26F3NO.